The number of rotatable bonds is 5. The molecule has 3 rings (SSSR count). The Kier molecular flexibility index (Phi) is 6.22. The Morgan fingerprint density at radius 2 is 1.70 bits per heavy atom. The molecule has 0 aliphatic carbocycles. The summed E-state index contributed by atoms with van der Waals surface area (Å²) in [5.74, 6) is -0.511. The number of hydrogen-bond donors (Lipinski definition) is 1. The molecule has 30 heavy (non-hydrogen) atoms. The van der Waals surface area contributed by atoms with E-state index in [1.807, 2.05) is 0 Å². The van der Waals surface area contributed by atoms with Crippen molar-refractivity contribution in [2.24, 2.45) is 0 Å². The Morgan fingerprint density at radius 1 is 1.03 bits per heavy atom. The van der Waals surface area contributed by atoms with Gasteiger partial charge in [-0.3, -0.25) is 0 Å². The molecular weight excluding hydrogens is 419 g/mol. The Bertz CT molecular complexity index is 1050. The van der Waals surface area contributed by atoms with Crippen LogP contribution < -0.4 is 10.5 Å². The average Bonchev–Trinajstić information content (AvgIpc) is 2.72. The quantitative estimate of drug-likeness (QED) is 0.400. The Morgan fingerprint density at radius 3 is 2.30 bits per heavy atom. The van der Waals surface area contributed by atoms with E-state index in [-0.39, 0.29) is 11.3 Å². The van der Waals surface area contributed by atoms with E-state index in [1.54, 1.807) is 24.3 Å². The minimum atomic E-state index is -4.46. The largest absolute Gasteiger partial charge is 0.480 e. The highest BCUT2D eigenvalue weighted by atomic mass is 35.5. The summed E-state index contributed by atoms with van der Waals surface area (Å²) in [7, 11) is 1.22. The SMILES string of the molecule is COC(=O)c1cc(N)ccc1OC(c1ccc(C(F)(F)F)cc1)c1ccccc1Cl. The summed E-state index contributed by atoms with van der Waals surface area (Å²) in [5.41, 5.74) is 6.33. The van der Waals surface area contributed by atoms with Crippen molar-refractivity contribution in [2.75, 3.05) is 12.8 Å². The summed E-state index contributed by atoms with van der Waals surface area (Å²) < 4.78 is 49.7. The van der Waals surface area contributed by atoms with Gasteiger partial charge >= 0.3 is 12.1 Å². The molecule has 0 spiro atoms. The molecule has 8 heteroatoms. The number of esters is 1. The topological polar surface area (TPSA) is 61.5 Å². The van der Waals surface area contributed by atoms with E-state index >= 15 is 0 Å². The van der Waals surface area contributed by atoms with Gasteiger partial charge in [0.05, 0.1) is 12.7 Å². The zero-order chi connectivity index (χ0) is 21.9. The van der Waals surface area contributed by atoms with Gasteiger partial charge in [-0.05, 0) is 42.0 Å². The molecule has 0 aliphatic rings. The lowest BCUT2D eigenvalue weighted by Crippen LogP contribution is -2.14. The summed E-state index contributed by atoms with van der Waals surface area (Å²) in [4.78, 5) is 12.2. The van der Waals surface area contributed by atoms with Crippen LogP contribution in [-0.2, 0) is 10.9 Å². The predicted molar refractivity (Wildman–Crippen MR) is 108 cm³/mol. The summed E-state index contributed by atoms with van der Waals surface area (Å²) >= 11 is 6.32. The molecule has 1 unspecified atom stereocenters. The van der Waals surface area contributed by atoms with E-state index in [0.29, 0.717) is 21.8 Å². The van der Waals surface area contributed by atoms with Crippen molar-refractivity contribution in [1.82, 2.24) is 0 Å². The number of methoxy groups -OCH3 is 1. The number of benzene rings is 3. The van der Waals surface area contributed by atoms with Crippen molar-refractivity contribution in [2.45, 2.75) is 12.3 Å². The van der Waals surface area contributed by atoms with Crippen LogP contribution in [0.4, 0.5) is 18.9 Å². The summed E-state index contributed by atoms with van der Waals surface area (Å²) in [5, 5.41) is 0.359. The van der Waals surface area contributed by atoms with Crippen LogP contribution in [0.3, 0.4) is 0 Å². The summed E-state index contributed by atoms with van der Waals surface area (Å²) in [6.45, 7) is 0. The molecule has 0 aromatic heterocycles. The van der Waals surface area contributed by atoms with Crippen molar-refractivity contribution >= 4 is 23.3 Å². The van der Waals surface area contributed by atoms with Gasteiger partial charge < -0.3 is 15.2 Å². The zero-order valence-corrected chi connectivity index (χ0v) is 16.5. The first-order valence-corrected chi connectivity index (χ1v) is 9.14. The van der Waals surface area contributed by atoms with Crippen LogP contribution in [-0.4, -0.2) is 13.1 Å². The Labute approximate surface area is 176 Å². The first-order chi connectivity index (χ1) is 14.2. The summed E-state index contributed by atoms with van der Waals surface area (Å²) in [6, 6.07) is 15.8. The molecule has 4 nitrogen and oxygen atoms in total. The van der Waals surface area contributed by atoms with E-state index in [4.69, 9.17) is 26.8 Å². The fourth-order valence-corrected chi connectivity index (χ4v) is 3.13. The molecular formula is C22H17ClF3NO3. The van der Waals surface area contributed by atoms with Crippen molar-refractivity contribution in [3.8, 4) is 5.75 Å². The highest BCUT2D eigenvalue weighted by molar-refractivity contribution is 6.31. The summed E-state index contributed by atoms with van der Waals surface area (Å²) in [6.07, 6.45) is -5.35. The van der Waals surface area contributed by atoms with Gasteiger partial charge in [-0.1, -0.05) is 41.9 Å². The second kappa shape index (κ2) is 8.67. The molecule has 1 atom stereocenters. The number of nitrogen functional groups attached to an aromatic ring is 1. The maximum absolute atomic E-state index is 13.0. The van der Waals surface area contributed by atoms with Gasteiger partial charge in [0.1, 0.15) is 11.3 Å². The lowest BCUT2D eigenvalue weighted by Gasteiger charge is -2.23. The number of carbonyl (C=O) groups is 1. The maximum Gasteiger partial charge on any atom is 0.416 e. The molecule has 0 amide bonds. The van der Waals surface area contributed by atoms with Gasteiger partial charge in [-0.15, -0.1) is 0 Å². The normalized spacial score (nSPS) is 12.3. The monoisotopic (exact) mass is 435 g/mol. The Hall–Kier alpha value is -3.19. The first-order valence-electron chi connectivity index (χ1n) is 8.77. The second-order valence-electron chi connectivity index (χ2n) is 6.39. The third-order valence-electron chi connectivity index (χ3n) is 4.38. The molecule has 0 heterocycles. The molecule has 0 aliphatic heterocycles. The van der Waals surface area contributed by atoms with Crippen LogP contribution in [0.5, 0.6) is 5.75 Å². The van der Waals surface area contributed by atoms with E-state index in [9.17, 15) is 18.0 Å². The zero-order valence-electron chi connectivity index (χ0n) is 15.7. The highest BCUT2D eigenvalue weighted by Gasteiger charge is 2.31. The number of halogens is 4. The van der Waals surface area contributed by atoms with E-state index in [1.165, 1.54) is 37.4 Å². The number of carbonyl (C=O) groups excluding carboxylic acids is 1. The highest BCUT2D eigenvalue weighted by Crippen LogP contribution is 2.36. The standard InChI is InChI=1S/C22H17ClF3NO3/c1-29-21(28)17-12-15(27)10-11-19(17)30-20(16-4-2-3-5-18(16)23)13-6-8-14(9-7-13)22(24,25)26/h2-12,20H,27H2,1H3. The lowest BCUT2D eigenvalue weighted by atomic mass is 9.99. The van der Waals surface area contributed by atoms with Crippen molar-refractivity contribution in [3.05, 3.63) is 94.0 Å². The number of hydrogen-bond acceptors (Lipinski definition) is 4. The van der Waals surface area contributed by atoms with Crippen LogP contribution in [0.25, 0.3) is 0 Å². The maximum atomic E-state index is 13.0. The van der Waals surface area contributed by atoms with Crippen LogP contribution in [0.15, 0.2) is 66.7 Å². The fraction of sp³-hybridized carbons (Fsp3) is 0.136. The molecule has 0 fully saturated rings. The first kappa shape index (κ1) is 21.5. The Balaban J connectivity index is 2.09. The van der Waals surface area contributed by atoms with E-state index in [2.05, 4.69) is 0 Å². The molecule has 0 radical (unpaired) electrons. The van der Waals surface area contributed by atoms with Gasteiger partial charge in [-0.2, -0.15) is 13.2 Å². The van der Waals surface area contributed by atoms with Crippen LogP contribution in [0.1, 0.15) is 33.2 Å². The number of alkyl halides is 3. The van der Waals surface area contributed by atoms with Crippen LogP contribution >= 0.6 is 11.6 Å². The van der Waals surface area contributed by atoms with Crippen molar-refractivity contribution in [1.29, 1.82) is 0 Å². The van der Waals surface area contributed by atoms with E-state index < -0.39 is 23.8 Å². The fourth-order valence-electron chi connectivity index (χ4n) is 2.89. The van der Waals surface area contributed by atoms with Crippen molar-refractivity contribution < 1.29 is 27.4 Å². The van der Waals surface area contributed by atoms with Gasteiger partial charge in [0.25, 0.3) is 0 Å². The van der Waals surface area contributed by atoms with Crippen molar-refractivity contribution in [3.63, 3.8) is 0 Å². The number of nitrogens with two attached hydrogens (primary N) is 1. The molecule has 0 bridgehead atoms. The van der Waals surface area contributed by atoms with Crippen LogP contribution in [0.2, 0.25) is 5.02 Å². The predicted octanol–water partition coefficient (Wildman–Crippen LogP) is 5.90. The lowest BCUT2D eigenvalue weighted by molar-refractivity contribution is -0.137. The third-order valence-corrected chi connectivity index (χ3v) is 4.73. The van der Waals surface area contributed by atoms with Gasteiger partial charge in [0.2, 0.25) is 0 Å². The molecule has 3 aromatic carbocycles. The molecule has 156 valence electrons. The minimum absolute atomic E-state index is 0.0847. The smallest absolute Gasteiger partial charge is 0.416 e. The van der Waals surface area contributed by atoms with Crippen LogP contribution in [0, 0.1) is 0 Å². The molecule has 0 saturated heterocycles. The molecule has 0 saturated carbocycles. The van der Waals surface area contributed by atoms with E-state index in [0.717, 1.165) is 12.1 Å². The van der Waals surface area contributed by atoms with Gasteiger partial charge in [-0.25, -0.2) is 4.79 Å². The third kappa shape index (κ3) is 4.68. The second-order valence-corrected chi connectivity index (χ2v) is 6.79. The number of ether oxygens (including phenoxy) is 2. The molecule has 2 N–H and O–H groups in total. The molecule has 3 aromatic rings. The van der Waals surface area contributed by atoms with Gasteiger partial charge in [0.15, 0.2) is 6.10 Å². The van der Waals surface area contributed by atoms with Gasteiger partial charge in [0, 0.05) is 16.3 Å². The number of anilines is 1. The minimum Gasteiger partial charge on any atom is -0.480 e. The average molecular weight is 436 g/mol.